The van der Waals surface area contributed by atoms with E-state index in [0.29, 0.717) is 30.6 Å². The largest absolute Gasteiger partial charge is 0.490 e. The lowest BCUT2D eigenvalue weighted by molar-refractivity contribution is -0.0315. The number of carbonyl (C=O) groups excluding carboxylic acids is 1. The fourth-order valence-electron chi connectivity index (χ4n) is 8.56. The van der Waals surface area contributed by atoms with E-state index < -0.39 is 9.71 Å². The van der Waals surface area contributed by atoms with E-state index in [1.54, 1.807) is 6.07 Å². The minimum Gasteiger partial charge on any atom is -0.490 e. The first-order valence-electron chi connectivity index (χ1n) is 18.2. The van der Waals surface area contributed by atoms with Crippen molar-refractivity contribution < 1.29 is 23.2 Å². The zero-order chi connectivity index (χ0) is 34.2. The highest BCUT2D eigenvalue weighted by molar-refractivity contribution is 7.99. The van der Waals surface area contributed by atoms with Crippen LogP contribution in [-0.4, -0.2) is 91.4 Å². The number of hydrogen-bond acceptors (Lipinski definition) is 7. The summed E-state index contributed by atoms with van der Waals surface area (Å²) in [5.74, 6) is 5.31. The first kappa shape index (κ1) is 34.9. The van der Waals surface area contributed by atoms with Crippen LogP contribution < -0.4 is 14.4 Å². The molecule has 1 saturated carbocycles. The Morgan fingerprint density at radius 3 is 2.78 bits per heavy atom. The van der Waals surface area contributed by atoms with Gasteiger partial charge in [-0.3, -0.25) is 14.4 Å². The number of hydrogen-bond donors (Lipinski definition) is 1. The standard InChI is InChI=1S/C39H52ClN3O5S/c1-27-6-4-8-36(47-21-18-42-16-19-46-20-17-42)33-12-9-31(33)24-43-25-39(15-5-7-29-22-32(40)11-13-34(29)39)26-48-37-14-10-30(23-35(37)43)38(44)41-49(3,45)28(27)2/h4,8,10-11,13-14,22-23,27-28,31,33,36H,3,5-7,9,12,15-21,24-26H2,1-2H3,(H,41,44,45)/b8-4+/t27-,28+,31-,33+,36-,39-,49?/m0/s1. The van der Waals surface area contributed by atoms with Crippen LogP contribution in [-0.2, 0) is 31.0 Å². The number of halogens is 1. The number of ether oxygens (including phenoxy) is 3. The number of allylic oxidation sites excluding steroid dienone is 1. The van der Waals surface area contributed by atoms with E-state index in [-0.39, 0.29) is 28.6 Å². The Hall–Kier alpha value is -2.56. The summed E-state index contributed by atoms with van der Waals surface area (Å²) in [6.45, 7) is 11.2. The molecule has 5 aliphatic rings. The van der Waals surface area contributed by atoms with E-state index in [1.165, 1.54) is 11.1 Å². The van der Waals surface area contributed by atoms with Crippen LogP contribution in [0.3, 0.4) is 0 Å². The van der Waals surface area contributed by atoms with E-state index in [4.69, 9.17) is 25.8 Å². The number of aryl methyl sites for hydroxylation is 1. The molecule has 10 heteroatoms. The fraction of sp³-hybridized carbons (Fsp3) is 0.590. The summed E-state index contributed by atoms with van der Waals surface area (Å²) in [5, 5.41) is 0.455. The zero-order valence-corrected chi connectivity index (χ0v) is 30.6. The summed E-state index contributed by atoms with van der Waals surface area (Å²) >= 11 is 6.48. The molecule has 2 aromatic carbocycles. The van der Waals surface area contributed by atoms with Gasteiger partial charge in [-0.2, -0.15) is 0 Å². The predicted octanol–water partition coefficient (Wildman–Crippen LogP) is 5.90. The second-order valence-corrected chi connectivity index (χ2v) is 17.9. The molecule has 1 amide bonds. The van der Waals surface area contributed by atoms with Gasteiger partial charge in [0.05, 0.1) is 47.9 Å². The van der Waals surface area contributed by atoms with Gasteiger partial charge in [0.2, 0.25) is 0 Å². The molecule has 3 aliphatic heterocycles. The molecule has 1 unspecified atom stereocenters. The highest BCUT2D eigenvalue weighted by Gasteiger charge is 2.44. The van der Waals surface area contributed by atoms with Gasteiger partial charge in [-0.1, -0.05) is 36.7 Å². The van der Waals surface area contributed by atoms with Crippen molar-refractivity contribution >= 4 is 38.8 Å². The first-order valence-corrected chi connectivity index (χ1v) is 20.4. The molecule has 2 bridgehead atoms. The molecule has 2 fully saturated rings. The fourth-order valence-corrected chi connectivity index (χ4v) is 10.2. The molecule has 49 heavy (non-hydrogen) atoms. The maximum absolute atomic E-state index is 13.9. The Bertz CT molecular complexity index is 1660. The molecule has 2 aromatic rings. The van der Waals surface area contributed by atoms with E-state index in [9.17, 15) is 9.00 Å². The van der Waals surface area contributed by atoms with Crippen molar-refractivity contribution in [3.8, 4) is 5.75 Å². The number of nitrogens with one attached hydrogen (secondary N) is 1. The lowest BCUT2D eigenvalue weighted by Crippen LogP contribution is -2.50. The van der Waals surface area contributed by atoms with Crippen LogP contribution in [0.25, 0.3) is 0 Å². The van der Waals surface area contributed by atoms with Gasteiger partial charge in [0, 0.05) is 54.0 Å². The average Bonchev–Trinajstić information content (AvgIpc) is 3.22. The van der Waals surface area contributed by atoms with Crippen LogP contribution in [0.15, 0.2) is 48.6 Å². The third-order valence-corrected chi connectivity index (χ3v) is 14.4. The van der Waals surface area contributed by atoms with Crippen LogP contribution in [0.5, 0.6) is 5.75 Å². The molecule has 8 nitrogen and oxygen atoms in total. The maximum atomic E-state index is 13.9. The van der Waals surface area contributed by atoms with Crippen molar-refractivity contribution in [3.63, 3.8) is 0 Å². The molecule has 1 spiro atoms. The third kappa shape index (κ3) is 7.43. The van der Waals surface area contributed by atoms with Gasteiger partial charge in [0.1, 0.15) is 5.75 Å². The number of anilines is 1. The predicted molar refractivity (Wildman–Crippen MR) is 199 cm³/mol. The van der Waals surface area contributed by atoms with Gasteiger partial charge in [-0.05, 0) is 111 Å². The number of nitrogens with zero attached hydrogens (tertiary/aromatic N) is 2. The number of benzene rings is 2. The summed E-state index contributed by atoms with van der Waals surface area (Å²) in [6.07, 6.45) is 10.5. The Labute approximate surface area is 297 Å². The van der Waals surface area contributed by atoms with Gasteiger partial charge < -0.3 is 19.1 Å². The Morgan fingerprint density at radius 1 is 1.14 bits per heavy atom. The van der Waals surface area contributed by atoms with Gasteiger partial charge in [-0.25, -0.2) is 4.21 Å². The van der Waals surface area contributed by atoms with E-state index >= 15 is 0 Å². The van der Waals surface area contributed by atoms with E-state index in [1.807, 2.05) is 25.1 Å². The summed E-state index contributed by atoms with van der Waals surface area (Å²) in [5.41, 5.74) is 3.80. The van der Waals surface area contributed by atoms with Gasteiger partial charge >= 0.3 is 0 Å². The van der Waals surface area contributed by atoms with Crippen LogP contribution in [0.4, 0.5) is 5.69 Å². The molecule has 0 radical (unpaired) electrons. The lowest BCUT2D eigenvalue weighted by atomic mass is 9.68. The van der Waals surface area contributed by atoms with Crippen LogP contribution in [0.1, 0.15) is 67.4 Å². The van der Waals surface area contributed by atoms with Gasteiger partial charge in [0.15, 0.2) is 0 Å². The second-order valence-electron chi connectivity index (χ2n) is 15.1. The second kappa shape index (κ2) is 14.6. The number of morpholine rings is 1. The highest BCUT2D eigenvalue weighted by atomic mass is 35.5. The maximum Gasteiger partial charge on any atom is 0.262 e. The van der Waals surface area contributed by atoms with Crippen molar-refractivity contribution in [1.29, 1.82) is 0 Å². The highest BCUT2D eigenvalue weighted by Crippen LogP contribution is 2.47. The van der Waals surface area contributed by atoms with E-state index in [0.717, 1.165) is 101 Å². The van der Waals surface area contributed by atoms with Crippen LogP contribution in [0, 0.1) is 17.8 Å². The van der Waals surface area contributed by atoms with Crippen molar-refractivity contribution in [1.82, 2.24) is 9.62 Å². The topological polar surface area (TPSA) is 80.3 Å². The smallest absolute Gasteiger partial charge is 0.262 e. The molecule has 1 N–H and O–H groups in total. The minimum atomic E-state index is -2.92. The monoisotopic (exact) mass is 709 g/mol. The molecular weight excluding hydrogens is 658 g/mol. The number of amides is 1. The average molecular weight is 710 g/mol. The van der Waals surface area contributed by atoms with Crippen LogP contribution >= 0.6 is 11.6 Å². The number of carbonyl (C=O) groups is 1. The lowest BCUT2D eigenvalue weighted by Gasteiger charge is -2.46. The summed E-state index contributed by atoms with van der Waals surface area (Å²) in [7, 11) is -2.92. The normalized spacial score (nSPS) is 34.5. The zero-order valence-electron chi connectivity index (χ0n) is 29.0. The SMILES string of the molecule is C=S1(=O)NC(=O)c2ccc3c(c2)N(C[C@@H]2CC[C@H]2[C@@H](OCCN2CCOCC2)/C=C/C[C@H](C)[C@H]1C)C[C@@]1(CCCc2cc(Cl)ccc21)CO3. The molecule has 7 rings (SSSR count). The van der Waals surface area contributed by atoms with E-state index in [2.05, 4.69) is 51.6 Å². The quantitative estimate of drug-likeness (QED) is 0.313. The summed E-state index contributed by atoms with van der Waals surface area (Å²) in [6, 6.07) is 12.0. The molecule has 266 valence electrons. The van der Waals surface area contributed by atoms with Crippen molar-refractivity contribution in [2.75, 3.05) is 64.1 Å². The minimum absolute atomic E-state index is 0.000413. The first-order chi connectivity index (χ1) is 23.6. The number of rotatable bonds is 4. The van der Waals surface area contributed by atoms with Crippen molar-refractivity contribution in [2.24, 2.45) is 17.8 Å². The number of fused-ring (bicyclic) bond motifs is 4. The summed E-state index contributed by atoms with van der Waals surface area (Å²) in [4.78, 5) is 18.6. The molecule has 1 saturated heterocycles. The molecule has 0 aromatic heterocycles. The third-order valence-electron chi connectivity index (χ3n) is 12.0. The summed E-state index contributed by atoms with van der Waals surface area (Å²) < 4.78 is 35.7. The Morgan fingerprint density at radius 2 is 1.98 bits per heavy atom. The molecule has 2 aliphatic carbocycles. The Balaban J connectivity index is 1.23. The van der Waals surface area contributed by atoms with Crippen molar-refractivity contribution in [2.45, 2.75) is 69.1 Å². The van der Waals surface area contributed by atoms with Crippen molar-refractivity contribution in [3.05, 3.63) is 70.3 Å². The Kier molecular flexibility index (Phi) is 10.4. The van der Waals surface area contributed by atoms with Gasteiger partial charge in [-0.15, -0.1) is 0 Å². The van der Waals surface area contributed by atoms with Gasteiger partial charge in [0.25, 0.3) is 5.91 Å². The molecular formula is C39H52ClN3O5S. The molecule has 7 atom stereocenters. The van der Waals surface area contributed by atoms with Crippen LogP contribution in [0.2, 0.25) is 5.02 Å². The molecule has 3 heterocycles.